The predicted octanol–water partition coefficient (Wildman–Crippen LogP) is 23.3. The lowest BCUT2D eigenvalue weighted by atomic mass is 9.70. The summed E-state index contributed by atoms with van der Waals surface area (Å²) in [5.74, 6) is 0.255. The summed E-state index contributed by atoms with van der Waals surface area (Å²) in [5.41, 5.74) is 11.6. The summed E-state index contributed by atoms with van der Waals surface area (Å²) in [4.78, 5) is 5.37. The van der Waals surface area contributed by atoms with Crippen molar-refractivity contribution in [2.75, 3.05) is 9.80 Å². The Kier molecular flexibility index (Phi) is 9.62. The van der Waals surface area contributed by atoms with E-state index in [-0.39, 0.29) is 11.3 Å². The topological polar surface area (TPSA) is 6.48 Å². The van der Waals surface area contributed by atoms with E-state index in [0.29, 0.717) is 0 Å². The summed E-state index contributed by atoms with van der Waals surface area (Å²) in [5, 5.41) is 18.6. The van der Waals surface area contributed by atoms with Crippen molar-refractivity contribution in [2.45, 2.75) is 51.9 Å². The Balaban J connectivity index is 1.04. The van der Waals surface area contributed by atoms with Gasteiger partial charge in [-0.3, -0.25) is 0 Å². The van der Waals surface area contributed by atoms with Gasteiger partial charge in [-0.25, -0.2) is 0 Å². The van der Waals surface area contributed by atoms with Crippen LogP contribution in [-0.2, 0) is 11.8 Å². The number of thiophene rings is 4. The average Bonchev–Trinajstić information content (AvgIpc) is 3.77. The van der Waals surface area contributed by atoms with E-state index in [0.717, 1.165) is 12.8 Å². The summed E-state index contributed by atoms with van der Waals surface area (Å²) >= 11 is 7.68. The highest BCUT2D eigenvalue weighted by atomic mass is 32.1. The van der Waals surface area contributed by atoms with Crippen molar-refractivity contribution in [3.8, 4) is 0 Å². The molecule has 6 heteroatoms. The molecule has 0 saturated heterocycles. The van der Waals surface area contributed by atoms with Crippen LogP contribution in [0.3, 0.4) is 0 Å². The maximum Gasteiger partial charge on any atom is 0.0641 e. The van der Waals surface area contributed by atoms with Crippen molar-refractivity contribution >= 4 is 192 Å². The molecule has 0 fully saturated rings. The first-order valence-electron chi connectivity index (χ1n) is 27.3. The fraction of sp³-hybridized carbons (Fsp3) is 0.111. The van der Waals surface area contributed by atoms with Gasteiger partial charge in [0, 0.05) is 78.0 Å². The van der Waals surface area contributed by atoms with Gasteiger partial charge in [-0.15, -0.1) is 45.3 Å². The molecule has 0 N–H and O–H groups in total. The Labute approximate surface area is 467 Å². The van der Waals surface area contributed by atoms with Gasteiger partial charge in [0.2, 0.25) is 0 Å². The Morgan fingerprint density at radius 1 is 0.346 bits per heavy atom. The normalized spacial score (nSPS) is 13.8. The van der Waals surface area contributed by atoms with Gasteiger partial charge in [-0.05, 0) is 124 Å². The lowest BCUT2D eigenvalue weighted by molar-refractivity contribution is 0.475. The van der Waals surface area contributed by atoms with Gasteiger partial charge >= 0.3 is 0 Å². The molecule has 0 saturated carbocycles. The molecule has 78 heavy (non-hydrogen) atoms. The lowest BCUT2D eigenvalue weighted by Crippen LogP contribution is -2.24. The van der Waals surface area contributed by atoms with Crippen LogP contribution in [-0.4, -0.2) is 0 Å². The second-order valence-corrected chi connectivity index (χ2v) is 26.7. The standard InChI is InChI=1S/C72H50N2S4/c1-40(2)52-39-60(74(57-27-15-23-49-44-19-7-11-31-63(44)77-70(49)57)58-28-16-24-50-45-20-8-12-32-64(45)78-71(50)58)53-38-54-65-41(35-36-72(54,3)4)37-59(51-34-33-46(52)66(53)67(51)65)73(55-25-13-21-47-42-17-5-9-29-61(42)75-68(47)55)56-26-14-22-48-43-18-6-10-30-62(43)76-69(48)56/h5-34,37-40H,35-36H2,1-4H3. The Bertz CT molecular complexity index is 4970. The fourth-order valence-corrected chi connectivity index (χ4v) is 18.6. The third kappa shape index (κ3) is 6.29. The summed E-state index contributed by atoms with van der Waals surface area (Å²) in [7, 11) is 0. The van der Waals surface area contributed by atoms with Crippen LogP contribution in [0.15, 0.2) is 200 Å². The van der Waals surface area contributed by atoms with Crippen LogP contribution < -0.4 is 9.80 Å². The first kappa shape index (κ1) is 45.2. The van der Waals surface area contributed by atoms with Crippen molar-refractivity contribution in [1.82, 2.24) is 0 Å². The van der Waals surface area contributed by atoms with Gasteiger partial charge in [-0.2, -0.15) is 0 Å². The van der Waals surface area contributed by atoms with Gasteiger partial charge < -0.3 is 9.80 Å². The molecule has 2 nitrogen and oxygen atoms in total. The summed E-state index contributed by atoms with van der Waals surface area (Å²) in [6.45, 7) is 9.79. The molecule has 0 atom stereocenters. The molecule has 16 aromatic rings. The molecule has 0 unspecified atom stereocenters. The maximum absolute atomic E-state index is 2.69. The van der Waals surface area contributed by atoms with Crippen LogP contribution in [0.2, 0.25) is 0 Å². The van der Waals surface area contributed by atoms with Crippen LogP contribution in [0, 0.1) is 0 Å². The first-order valence-corrected chi connectivity index (χ1v) is 30.6. The van der Waals surface area contributed by atoms with E-state index in [9.17, 15) is 0 Å². The van der Waals surface area contributed by atoms with E-state index in [2.05, 4.69) is 238 Å². The zero-order valence-corrected chi connectivity index (χ0v) is 46.8. The molecular formula is C72H50N2S4. The van der Waals surface area contributed by atoms with Crippen molar-refractivity contribution in [3.63, 3.8) is 0 Å². The Hall–Kier alpha value is -7.84. The van der Waals surface area contributed by atoms with E-state index >= 15 is 0 Å². The second kappa shape index (κ2) is 16.6. The van der Waals surface area contributed by atoms with Gasteiger partial charge in [0.05, 0.1) is 52.9 Å². The molecule has 0 radical (unpaired) electrons. The zero-order valence-electron chi connectivity index (χ0n) is 43.6. The van der Waals surface area contributed by atoms with Crippen molar-refractivity contribution in [1.29, 1.82) is 0 Å². The van der Waals surface area contributed by atoms with Gasteiger partial charge in [0.1, 0.15) is 0 Å². The summed E-state index contributed by atoms with van der Waals surface area (Å²) in [6.07, 6.45) is 2.07. The van der Waals surface area contributed by atoms with E-state index in [1.54, 1.807) is 0 Å². The van der Waals surface area contributed by atoms with Gasteiger partial charge in [0.15, 0.2) is 0 Å². The van der Waals surface area contributed by atoms with Crippen molar-refractivity contribution < 1.29 is 0 Å². The molecule has 0 spiro atoms. The minimum Gasteiger partial charge on any atom is -0.307 e. The number of nitrogens with zero attached hydrogens (tertiary/aromatic N) is 2. The molecule has 0 amide bonds. The first-order chi connectivity index (χ1) is 38.3. The summed E-state index contributed by atoms with van der Waals surface area (Å²) in [6, 6.07) is 76.8. The molecule has 12 aromatic carbocycles. The Morgan fingerprint density at radius 2 is 0.731 bits per heavy atom. The molecule has 4 aromatic heterocycles. The second-order valence-electron chi connectivity index (χ2n) is 22.5. The fourth-order valence-electron chi connectivity index (χ4n) is 13.7. The van der Waals surface area contributed by atoms with E-state index in [1.807, 2.05) is 45.3 Å². The molecule has 17 rings (SSSR count). The molecule has 1 aliphatic carbocycles. The Morgan fingerprint density at radius 3 is 1.15 bits per heavy atom. The van der Waals surface area contributed by atoms with Crippen LogP contribution in [0.5, 0.6) is 0 Å². The third-order valence-electron chi connectivity index (χ3n) is 17.4. The quantitative estimate of drug-likeness (QED) is 0.147. The summed E-state index contributed by atoms with van der Waals surface area (Å²) < 4.78 is 10.5. The third-order valence-corrected chi connectivity index (χ3v) is 22.3. The average molecular weight is 1070 g/mol. The minimum atomic E-state index is -0.0673. The zero-order chi connectivity index (χ0) is 51.7. The molecule has 0 aliphatic heterocycles. The van der Waals surface area contributed by atoms with Crippen molar-refractivity contribution in [3.05, 3.63) is 217 Å². The molecule has 1 aliphatic rings. The number of anilines is 6. The van der Waals surface area contributed by atoms with Crippen LogP contribution >= 0.6 is 45.3 Å². The molecule has 372 valence electrons. The van der Waals surface area contributed by atoms with Crippen LogP contribution in [0.25, 0.3) is 113 Å². The minimum absolute atomic E-state index is 0.0673. The van der Waals surface area contributed by atoms with Gasteiger partial charge in [0.25, 0.3) is 0 Å². The lowest BCUT2D eigenvalue weighted by Gasteiger charge is -2.37. The maximum atomic E-state index is 2.69. The highest BCUT2D eigenvalue weighted by molar-refractivity contribution is 7.28. The molecular weight excluding hydrogens is 1020 g/mol. The highest BCUT2D eigenvalue weighted by Crippen LogP contribution is 2.58. The number of fused-ring (bicyclic) bond motifs is 12. The smallest absolute Gasteiger partial charge is 0.0641 e. The van der Waals surface area contributed by atoms with Crippen molar-refractivity contribution in [2.24, 2.45) is 0 Å². The molecule has 4 heterocycles. The number of hydrogen-bond acceptors (Lipinski definition) is 6. The van der Waals surface area contributed by atoms with Crippen LogP contribution in [0.1, 0.15) is 56.7 Å². The largest absolute Gasteiger partial charge is 0.307 e. The van der Waals surface area contributed by atoms with Gasteiger partial charge in [-0.1, -0.05) is 161 Å². The predicted molar refractivity (Wildman–Crippen MR) is 347 cm³/mol. The van der Waals surface area contributed by atoms with Crippen LogP contribution in [0.4, 0.5) is 34.1 Å². The van der Waals surface area contributed by atoms with E-state index in [4.69, 9.17) is 0 Å². The monoisotopic (exact) mass is 1070 g/mol. The van der Waals surface area contributed by atoms with E-state index < -0.39 is 0 Å². The highest BCUT2D eigenvalue weighted by Gasteiger charge is 2.35. The SMILES string of the molecule is CC(C)c1cc(N(c2cccc3c2sc2ccccc23)c2cccc3c2sc2ccccc23)c2cc3c4c(cc(N(c5cccc6c5sc5ccccc56)c5cccc6c5sc5ccccc56)c5ccc1c2c54)CCC3(C)C. The number of hydrogen-bond donors (Lipinski definition) is 0. The number of aryl methyl sites for hydroxylation is 1. The molecule has 0 bridgehead atoms. The number of benzene rings is 12. The number of rotatable bonds is 7. The van der Waals surface area contributed by atoms with E-state index in [1.165, 1.54) is 164 Å².